The highest BCUT2D eigenvalue weighted by atomic mass is 16.3. The van der Waals surface area contributed by atoms with Crippen LogP contribution in [0.25, 0.3) is 17.0 Å². The lowest BCUT2D eigenvalue weighted by molar-refractivity contribution is 0.348. The van der Waals surface area contributed by atoms with Crippen molar-refractivity contribution in [3.63, 3.8) is 0 Å². The van der Waals surface area contributed by atoms with E-state index in [1.54, 1.807) is 13.0 Å². The molecule has 1 aromatic carbocycles. The smallest absolute Gasteiger partial charge is 0.0467 e. The van der Waals surface area contributed by atoms with Crippen LogP contribution in [-0.4, -0.2) is 9.67 Å². The third kappa shape index (κ3) is 1.90. The minimum absolute atomic E-state index is 0.322. The maximum absolute atomic E-state index is 9.12. The van der Waals surface area contributed by atoms with Gasteiger partial charge >= 0.3 is 0 Å². The van der Waals surface area contributed by atoms with Crippen LogP contribution in [0.5, 0.6) is 0 Å². The van der Waals surface area contributed by atoms with Crippen molar-refractivity contribution in [2.24, 2.45) is 7.05 Å². The number of aromatic nitrogens is 1. The minimum Gasteiger partial charge on any atom is -0.455 e. The summed E-state index contributed by atoms with van der Waals surface area (Å²) in [6.07, 6.45) is 6.02. The lowest BCUT2D eigenvalue weighted by Gasteiger charge is -2.04. The van der Waals surface area contributed by atoms with E-state index in [1.165, 1.54) is 10.9 Å². The van der Waals surface area contributed by atoms with Crippen molar-refractivity contribution in [1.82, 2.24) is 4.57 Å². The highest BCUT2D eigenvalue weighted by Gasteiger charge is 1.98. The molecule has 2 rings (SSSR count). The van der Waals surface area contributed by atoms with Gasteiger partial charge in [0.05, 0.1) is 0 Å². The van der Waals surface area contributed by atoms with Crippen molar-refractivity contribution in [2.45, 2.75) is 6.92 Å². The van der Waals surface area contributed by atoms with E-state index in [2.05, 4.69) is 22.9 Å². The molecule has 1 aromatic heterocycles. The Balaban J connectivity index is 2.52. The summed E-state index contributed by atoms with van der Waals surface area (Å²) in [4.78, 5) is 0. The summed E-state index contributed by atoms with van der Waals surface area (Å²) < 4.78 is 2.09. The van der Waals surface area contributed by atoms with Gasteiger partial charge < -0.3 is 9.67 Å². The van der Waals surface area contributed by atoms with E-state index in [0.29, 0.717) is 6.10 Å². The molecule has 0 fully saturated rings. The van der Waals surface area contributed by atoms with Gasteiger partial charge in [0.25, 0.3) is 0 Å². The normalized spacial score (nSPS) is 11.4. The zero-order valence-corrected chi connectivity index (χ0v) is 8.94. The second-order valence-electron chi connectivity index (χ2n) is 3.69. The van der Waals surface area contributed by atoms with Crippen molar-refractivity contribution < 1.29 is 5.11 Å². The topological polar surface area (TPSA) is 25.2 Å². The molecule has 0 aliphatic rings. The fourth-order valence-corrected chi connectivity index (χ4v) is 1.72. The lowest BCUT2D eigenvalue weighted by atomic mass is 10.1. The van der Waals surface area contributed by atoms with Gasteiger partial charge in [-0.3, -0.25) is 0 Å². The zero-order valence-electron chi connectivity index (χ0n) is 8.94. The number of rotatable bonds is 2. The van der Waals surface area contributed by atoms with Crippen LogP contribution >= 0.6 is 0 Å². The summed E-state index contributed by atoms with van der Waals surface area (Å²) in [5.74, 6) is 0. The summed E-state index contributed by atoms with van der Waals surface area (Å²) >= 11 is 0. The first kappa shape index (κ1) is 9.87. The molecule has 0 saturated carbocycles. The van der Waals surface area contributed by atoms with Crippen LogP contribution in [0.3, 0.4) is 0 Å². The third-order valence-electron chi connectivity index (χ3n) is 2.43. The van der Waals surface area contributed by atoms with Crippen molar-refractivity contribution in [3.05, 3.63) is 48.2 Å². The number of benzene rings is 1. The molecular weight excluding hydrogens is 186 g/mol. The molecule has 0 amide bonds. The molecule has 0 saturated heterocycles. The Morgan fingerprint density at radius 3 is 2.80 bits per heavy atom. The van der Waals surface area contributed by atoms with Gasteiger partial charge in [0.2, 0.25) is 0 Å². The number of hydrogen-bond acceptors (Lipinski definition) is 1. The predicted octanol–water partition coefficient (Wildman–Crippen LogP) is 3.12. The van der Waals surface area contributed by atoms with Crippen LogP contribution in [0.1, 0.15) is 12.5 Å². The summed E-state index contributed by atoms with van der Waals surface area (Å²) in [6, 6.07) is 8.22. The fraction of sp³-hybridized carbons (Fsp3) is 0.154. The first-order valence-electron chi connectivity index (χ1n) is 4.93. The average Bonchev–Trinajstić information content (AvgIpc) is 2.54. The Bertz CT molecular complexity index is 494. The molecule has 0 radical (unpaired) electrons. The predicted molar refractivity (Wildman–Crippen MR) is 62.8 cm³/mol. The monoisotopic (exact) mass is 200 g/mol. The van der Waals surface area contributed by atoms with Gasteiger partial charge in [-0.1, -0.05) is 30.7 Å². The van der Waals surface area contributed by atoms with E-state index in [4.69, 9.17) is 5.11 Å². The van der Waals surface area contributed by atoms with Crippen molar-refractivity contribution in [3.8, 4) is 0 Å². The largest absolute Gasteiger partial charge is 0.455 e. The molecular formula is C13H14NO-. The van der Waals surface area contributed by atoms with E-state index in [0.717, 1.165) is 5.56 Å². The summed E-state index contributed by atoms with van der Waals surface area (Å²) in [7, 11) is 2.02. The van der Waals surface area contributed by atoms with Crippen LogP contribution in [0.15, 0.2) is 36.5 Å². The highest BCUT2D eigenvalue weighted by molar-refractivity contribution is 5.89. The van der Waals surface area contributed by atoms with Gasteiger partial charge in [-0.2, -0.15) is 12.2 Å². The molecule has 0 spiro atoms. The van der Waals surface area contributed by atoms with Crippen LogP contribution in [0.4, 0.5) is 0 Å². The van der Waals surface area contributed by atoms with E-state index in [9.17, 15) is 0 Å². The Morgan fingerprint density at radius 1 is 1.33 bits per heavy atom. The number of aliphatic hydroxyl groups excluding tert-OH is 1. The van der Waals surface area contributed by atoms with Crippen LogP contribution in [-0.2, 0) is 7.05 Å². The number of para-hydroxylation sites is 1. The van der Waals surface area contributed by atoms with Crippen LogP contribution in [0, 0.1) is 6.10 Å². The van der Waals surface area contributed by atoms with Gasteiger partial charge in [0.1, 0.15) is 0 Å². The molecule has 2 nitrogen and oxygen atoms in total. The number of aliphatic hydroxyl groups is 1. The molecule has 0 aliphatic heterocycles. The van der Waals surface area contributed by atoms with Crippen molar-refractivity contribution in [1.29, 1.82) is 0 Å². The Kier molecular flexibility index (Phi) is 2.52. The maximum Gasteiger partial charge on any atom is 0.0467 e. The third-order valence-corrected chi connectivity index (χ3v) is 2.43. The summed E-state index contributed by atoms with van der Waals surface area (Å²) in [5.41, 5.74) is 2.33. The van der Waals surface area contributed by atoms with Crippen molar-refractivity contribution in [2.75, 3.05) is 0 Å². The number of aryl methyl sites for hydroxylation is 1. The lowest BCUT2D eigenvalue weighted by Crippen LogP contribution is -1.81. The Hall–Kier alpha value is -1.67. The van der Waals surface area contributed by atoms with Crippen molar-refractivity contribution >= 4 is 17.0 Å². The molecule has 2 aromatic rings. The molecule has 0 unspecified atom stereocenters. The quantitative estimate of drug-likeness (QED) is 0.740. The first-order valence-corrected chi connectivity index (χ1v) is 4.93. The Labute approximate surface area is 89.5 Å². The van der Waals surface area contributed by atoms with Crippen LogP contribution < -0.4 is 0 Å². The average molecular weight is 200 g/mol. The molecule has 1 N–H and O–H groups in total. The molecule has 0 bridgehead atoms. The van der Waals surface area contributed by atoms with Gasteiger partial charge in [-0.25, -0.2) is 0 Å². The van der Waals surface area contributed by atoms with Gasteiger partial charge in [-0.15, -0.1) is 6.10 Å². The van der Waals surface area contributed by atoms with Crippen LogP contribution in [0.2, 0.25) is 0 Å². The van der Waals surface area contributed by atoms with E-state index in [-0.39, 0.29) is 0 Å². The number of fused-ring (bicyclic) bond motifs is 1. The molecule has 0 atom stereocenters. The number of nitrogens with zero attached hydrogens (tertiary/aromatic N) is 1. The van der Waals surface area contributed by atoms with E-state index in [1.807, 2.05) is 25.3 Å². The first-order chi connectivity index (χ1) is 7.18. The van der Waals surface area contributed by atoms with Gasteiger partial charge in [0, 0.05) is 12.6 Å². The zero-order chi connectivity index (χ0) is 10.8. The second kappa shape index (κ2) is 3.83. The SMILES string of the molecule is C[C-](O)/C=C/c1cn(C)c2ccccc12. The summed E-state index contributed by atoms with van der Waals surface area (Å²) in [6.45, 7) is 1.67. The van der Waals surface area contributed by atoms with E-state index < -0.39 is 0 Å². The molecule has 78 valence electrons. The molecule has 2 heteroatoms. The standard InChI is InChI=1S/C13H14NO/c1-10(15)7-8-11-9-14(2)13-6-4-3-5-12(11)13/h3-9,15H,1-2H3/q-1/b8-7+. The fourth-order valence-electron chi connectivity index (χ4n) is 1.72. The highest BCUT2D eigenvalue weighted by Crippen LogP contribution is 2.21. The molecule has 0 aliphatic carbocycles. The molecule has 15 heavy (non-hydrogen) atoms. The van der Waals surface area contributed by atoms with Gasteiger partial charge in [-0.05, 0) is 17.6 Å². The minimum atomic E-state index is 0.322. The van der Waals surface area contributed by atoms with Gasteiger partial charge in [0.15, 0.2) is 0 Å². The maximum atomic E-state index is 9.12. The number of hydrogen-bond donors (Lipinski definition) is 1. The van der Waals surface area contributed by atoms with E-state index >= 15 is 0 Å². The summed E-state index contributed by atoms with van der Waals surface area (Å²) in [5, 5.41) is 10.3. The second-order valence-corrected chi connectivity index (χ2v) is 3.69. The molecule has 1 heterocycles. The Morgan fingerprint density at radius 2 is 2.07 bits per heavy atom.